The zero-order valence-electron chi connectivity index (χ0n) is 15.6. The largest absolute Gasteiger partial charge is 0.372 e. The Morgan fingerprint density at radius 2 is 1.04 bits per heavy atom. The van der Waals surface area contributed by atoms with Gasteiger partial charge in [0.15, 0.2) is 0 Å². The van der Waals surface area contributed by atoms with Crippen LogP contribution in [0.15, 0.2) is 83.1 Å². The zero-order valence-corrected chi connectivity index (χ0v) is 15.6. The van der Waals surface area contributed by atoms with Crippen molar-refractivity contribution in [1.29, 1.82) is 0 Å². The molecule has 0 spiro atoms. The summed E-state index contributed by atoms with van der Waals surface area (Å²) in [7, 11) is 0. The number of nitrogens with zero attached hydrogens (tertiary/aromatic N) is 2. The molecule has 0 aliphatic heterocycles. The minimum Gasteiger partial charge on any atom is -0.372 e. The summed E-state index contributed by atoms with van der Waals surface area (Å²) in [4.78, 5) is 0. The summed E-state index contributed by atoms with van der Waals surface area (Å²) in [6.45, 7) is 13.8. The van der Waals surface area contributed by atoms with Crippen LogP contribution in [0.4, 0.5) is 11.4 Å². The maximum absolute atomic E-state index is 5.53. The molecule has 0 atom stereocenters. The summed E-state index contributed by atoms with van der Waals surface area (Å²) < 4.78 is 11.1. The van der Waals surface area contributed by atoms with Crippen LogP contribution in [0.3, 0.4) is 0 Å². The fourth-order valence-electron chi connectivity index (χ4n) is 2.12. The van der Waals surface area contributed by atoms with Crippen LogP contribution in [0.2, 0.25) is 0 Å². The number of azo groups is 1. The van der Waals surface area contributed by atoms with Gasteiger partial charge < -0.3 is 9.47 Å². The quantitative estimate of drug-likeness (QED) is 0.373. The maximum atomic E-state index is 5.53. The van der Waals surface area contributed by atoms with Crippen molar-refractivity contribution in [3.8, 4) is 0 Å². The average Bonchev–Trinajstić information content (AvgIpc) is 2.61. The van der Waals surface area contributed by atoms with Crippen molar-refractivity contribution in [1.82, 2.24) is 0 Å². The summed E-state index contributed by atoms with van der Waals surface area (Å²) in [5, 5.41) is 8.54. The normalized spacial score (nSPS) is 11.0. The number of hydrogen-bond acceptors (Lipinski definition) is 4. The van der Waals surface area contributed by atoms with E-state index in [0.717, 1.165) is 33.6 Å². The van der Waals surface area contributed by atoms with E-state index < -0.39 is 0 Å². The van der Waals surface area contributed by atoms with E-state index in [1.165, 1.54) is 0 Å². The van der Waals surface area contributed by atoms with Crippen LogP contribution in [-0.4, -0.2) is 13.2 Å². The van der Waals surface area contributed by atoms with E-state index in [4.69, 9.17) is 9.47 Å². The Kier molecular flexibility index (Phi) is 7.93. The highest BCUT2D eigenvalue weighted by Crippen LogP contribution is 2.20. The van der Waals surface area contributed by atoms with Gasteiger partial charge in [0.1, 0.15) is 0 Å². The van der Waals surface area contributed by atoms with Gasteiger partial charge in [-0.1, -0.05) is 48.6 Å². The Labute approximate surface area is 155 Å². The number of benzene rings is 2. The fraction of sp³-hybridized carbons (Fsp3) is 0.273. The third-order valence-corrected chi connectivity index (χ3v) is 3.39. The summed E-state index contributed by atoms with van der Waals surface area (Å²) >= 11 is 0. The molecule has 0 aliphatic rings. The van der Waals surface area contributed by atoms with Crippen molar-refractivity contribution >= 4 is 11.4 Å². The molecule has 0 saturated heterocycles. The topological polar surface area (TPSA) is 43.2 Å². The van der Waals surface area contributed by atoms with Gasteiger partial charge in [-0.3, -0.25) is 0 Å². The van der Waals surface area contributed by atoms with E-state index in [1.54, 1.807) is 0 Å². The minimum absolute atomic E-state index is 0.569. The van der Waals surface area contributed by atoms with E-state index in [1.807, 2.05) is 62.4 Å². The smallest absolute Gasteiger partial charge is 0.0857 e. The van der Waals surface area contributed by atoms with Crippen LogP contribution < -0.4 is 0 Å². The van der Waals surface area contributed by atoms with Crippen molar-refractivity contribution in [3.63, 3.8) is 0 Å². The van der Waals surface area contributed by atoms with Crippen molar-refractivity contribution < 1.29 is 9.47 Å². The molecule has 0 radical (unpaired) electrons. The molecule has 2 aromatic rings. The van der Waals surface area contributed by atoms with Gasteiger partial charge in [0.05, 0.1) is 37.8 Å². The van der Waals surface area contributed by atoms with Gasteiger partial charge in [0, 0.05) is 0 Å². The third kappa shape index (κ3) is 7.55. The molecule has 0 bridgehead atoms. The van der Waals surface area contributed by atoms with Crippen molar-refractivity contribution in [2.24, 2.45) is 10.2 Å². The highest BCUT2D eigenvalue weighted by Gasteiger charge is 1.97. The molecule has 2 aromatic carbocycles. The second-order valence-corrected chi connectivity index (χ2v) is 6.43. The molecule has 0 N–H and O–H groups in total. The van der Waals surface area contributed by atoms with E-state index in [-0.39, 0.29) is 0 Å². The maximum Gasteiger partial charge on any atom is 0.0857 e. The SMILES string of the molecule is C=C(C)COCc1ccc(/N=N/c2ccc(COCC(=C)C)cc2)cc1. The molecule has 0 aliphatic carbocycles. The van der Waals surface area contributed by atoms with Crippen LogP contribution in [0.5, 0.6) is 0 Å². The van der Waals surface area contributed by atoms with Crippen LogP contribution >= 0.6 is 0 Å². The van der Waals surface area contributed by atoms with E-state index in [0.29, 0.717) is 26.4 Å². The lowest BCUT2D eigenvalue weighted by molar-refractivity contribution is 0.143. The molecule has 26 heavy (non-hydrogen) atoms. The minimum atomic E-state index is 0.569. The highest BCUT2D eigenvalue weighted by molar-refractivity contribution is 5.42. The first-order chi connectivity index (χ1) is 12.5. The molecule has 2 rings (SSSR count). The standard InChI is InChI=1S/C22H26N2O2/c1-17(2)13-25-15-19-5-9-21(10-6-19)23-24-22-11-7-20(8-12-22)16-26-14-18(3)4/h5-12H,1,3,13-16H2,2,4H3/b24-23+. The molecule has 4 heteroatoms. The Morgan fingerprint density at radius 1 is 0.692 bits per heavy atom. The van der Waals surface area contributed by atoms with E-state index in [9.17, 15) is 0 Å². The summed E-state index contributed by atoms with van der Waals surface area (Å²) in [5.74, 6) is 0. The second-order valence-electron chi connectivity index (χ2n) is 6.43. The van der Waals surface area contributed by atoms with Gasteiger partial charge in [-0.15, -0.1) is 0 Å². The lowest BCUT2D eigenvalue weighted by Gasteiger charge is -2.04. The van der Waals surface area contributed by atoms with Crippen LogP contribution in [-0.2, 0) is 22.7 Å². The number of hydrogen-bond donors (Lipinski definition) is 0. The highest BCUT2D eigenvalue weighted by atomic mass is 16.5. The first kappa shape index (κ1) is 19.8. The lowest BCUT2D eigenvalue weighted by Crippen LogP contribution is -1.95. The van der Waals surface area contributed by atoms with Gasteiger partial charge in [-0.05, 0) is 49.2 Å². The van der Waals surface area contributed by atoms with Crippen LogP contribution in [0.25, 0.3) is 0 Å². The molecule has 0 unspecified atom stereocenters. The molecule has 0 amide bonds. The Bertz CT molecular complexity index is 681. The summed E-state index contributed by atoms with van der Waals surface area (Å²) in [6, 6.07) is 15.7. The number of rotatable bonds is 10. The molecule has 0 fully saturated rings. The van der Waals surface area contributed by atoms with Crippen molar-refractivity contribution in [2.45, 2.75) is 27.1 Å². The van der Waals surface area contributed by atoms with Crippen molar-refractivity contribution in [2.75, 3.05) is 13.2 Å². The molecule has 0 heterocycles. The molecule has 0 aromatic heterocycles. The van der Waals surface area contributed by atoms with Gasteiger partial charge >= 0.3 is 0 Å². The second kappa shape index (κ2) is 10.4. The third-order valence-electron chi connectivity index (χ3n) is 3.39. The van der Waals surface area contributed by atoms with Gasteiger partial charge in [-0.25, -0.2) is 0 Å². The fourth-order valence-corrected chi connectivity index (χ4v) is 2.12. The molecule has 0 saturated carbocycles. The molecular weight excluding hydrogens is 324 g/mol. The van der Waals surface area contributed by atoms with E-state index >= 15 is 0 Å². The first-order valence-corrected chi connectivity index (χ1v) is 8.57. The summed E-state index contributed by atoms with van der Waals surface area (Å²) in [6.07, 6.45) is 0. The Hall–Kier alpha value is -2.56. The monoisotopic (exact) mass is 350 g/mol. The predicted octanol–water partition coefficient (Wildman–Crippen LogP) is 6.29. The van der Waals surface area contributed by atoms with Gasteiger partial charge in [0.2, 0.25) is 0 Å². The number of ether oxygens (including phenoxy) is 2. The molecular formula is C22H26N2O2. The van der Waals surface area contributed by atoms with Crippen LogP contribution in [0.1, 0.15) is 25.0 Å². The molecule has 136 valence electrons. The zero-order chi connectivity index (χ0) is 18.8. The predicted molar refractivity (Wildman–Crippen MR) is 106 cm³/mol. The lowest BCUT2D eigenvalue weighted by atomic mass is 10.2. The van der Waals surface area contributed by atoms with Crippen molar-refractivity contribution in [3.05, 3.63) is 84.0 Å². The average molecular weight is 350 g/mol. The Balaban J connectivity index is 1.84. The first-order valence-electron chi connectivity index (χ1n) is 8.57. The van der Waals surface area contributed by atoms with Gasteiger partial charge in [0.25, 0.3) is 0 Å². The van der Waals surface area contributed by atoms with Gasteiger partial charge in [-0.2, -0.15) is 10.2 Å². The van der Waals surface area contributed by atoms with Crippen LogP contribution in [0, 0.1) is 0 Å². The Morgan fingerprint density at radius 3 is 1.35 bits per heavy atom. The molecule has 4 nitrogen and oxygen atoms in total. The van der Waals surface area contributed by atoms with E-state index in [2.05, 4.69) is 23.4 Å². The summed E-state index contributed by atoms with van der Waals surface area (Å²) in [5.41, 5.74) is 5.85.